The Bertz CT molecular complexity index is 105. The molecule has 0 fully saturated rings. The summed E-state index contributed by atoms with van der Waals surface area (Å²) >= 11 is 0. The van der Waals surface area contributed by atoms with Gasteiger partial charge in [-0.1, -0.05) is 13.8 Å². The molecule has 0 radical (unpaired) electrons. The van der Waals surface area contributed by atoms with E-state index in [0.29, 0.717) is 6.04 Å². The van der Waals surface area contributed by atoms with Crippen LogP contribution in [0.2, 0.25) is 0 Å². The van der Waals surface area contributed by atoms with Crippen LogP contribution in [0.15, 0.2) is 0 Å². The molecule has 0 amide bonds. The van der Waals surface area contributed by atoms with Crippen LogP contribution in [0.4, 0.5) is 0 Å². The Hall–Kier alpha value is -0.120. The van der Waals surface area contributed by atoms with Crippen molar-refractivity contribution in [2.75, 3.05) is 26.2 Å². The van der Waals surface area contributed by atoms with Gasteiger partial charge in [0.2, 0.25) is 0 Å². The molecule has 0 aliphatic heterocycles. The van der Waals surface area contributed by atoms with Crippen LogP contribution in [0.1, 0.15) is 39.5 Å². The van der Waals surface area contributed by atoms with E-state index in [2.05, 4.69) is 18.7 Å². The van der Waals surface area contributed by atoms with Crippen molar-refractivity contribution >= 4 is 0 Å². The average molecular weight is 201 g/mol. The second-order valence-electron chi connectivity index (χ2n) is 3.79. The molecule has 0 aromatic rings. The molecule has 14 heavy (non-hydrogen) atoms. The van der Waals surface area contributed by atoms with E-state index in [1.807, 2.05) is 0 Å². The lowest BCUT2D eigenvalue weighted by Crippen LogP contribution is -2.37. The molecule has 3 heteroatoms. The van der Waals surface area contributed by atoms with Gasteiger partial charge >= 0.3 is 0 Å². The van der Waals surface area contributed by atoms with Crippen LogP contribution in [0.25, 0.3) is 0 Å². The maximum atomic E-state index is 5.54. The monoisotopic (exact) mass is 201 g/mol. The minimum absolute atomic E-state index is 0.716. The summed E-state index contributed by atoms with van der Waals surface area (Å²) in [5, 5.41) is 0. The molecule has 0 spiro atoms. The Morgan fingerprint density at radius 1 is 0.929 bits per heavy atom. The molecule has 3 nitrogen and oxygen atoms in total. The van der Waals surface area contributed by atoms with Gasteiger partial charge in [-0.05, 0) is 51.9 Å². The Kier molecular flexibility index (Phi) is 9.35. The van der Waals surface area contributed by atoms with Crippen molar-refractivity contribution in [1.29, 1.82) is 0 Å². The number of hydrogen-bond acceptors (Lipinski definition) is 3. The first-order chi connectivity index (χ1) is 6.79. The second-order valence-corrected chi connectivity index (χ2v) is 3.79. The van der Waals surface area contributed by atoms with E-state index in [-0.39, 0.29) is 0 Å². The molecule has 0 aliphatic carbocycles. The molecule has 86 valence electrons. The van der Waals surface area contributed by atoms with Gasteiger partial charge in [0.15, 0.2) is 0 Å². The summed E-state index contributed by atoms with van der Waals surface area (Å²) in [5.41, 5.74) is 11.1. The summed E-state index contributed by atoms with van der Waals surface area (Å²) in [4.78, 5) is 2.54. The molecule has 0 unspecified atom stereocenters. The van der Waals surface area contributed by atoms with E-state index >= 15 is 0 Å². The number of nitrogens with zero attached hydrogens (tertiary/aromatic N) is 1. The first-order valence-corrected chi connectivity index (χ1v) is 5.94. The van der Waals surface area contributed by atoms with Crippen LogP contribution in [0.3, 0.4) is 0 Å². The standard InChI is InChI=1S/C11H27N3/c1-3-11(4-2)14(9-5-7-12)10-6-8-13/h11H,3-10,12-13H2,1-2H3. The van der Waals surface area contributed by atoms with E-state index in [0.717, 1.165) is 39.0 Å². The Balaban J connectivity index is 3.92. The van der Waals surface area contributed by atoms with Crippen molar-refractivity contribution in [1.82, 2.24) is 4.90 Å². The van der Waals surface area contributed by atoms with Crippen molar-refractivity contribution in [3.8, 4) is 0 Å². The van der Waals surface area contributed by atoms with E-state index in [1.165, 1.54) is 12.8 Å². The second kappa shape index (κ2) is 9.44. The fourth-order valence-electron chi connectivity index (χ4n) is 1.87. The summed E-state index contributed by atoms with van der Waals surface area (Å²) in [7, 11) is 0. The van der Waals surface area contributed by atoms with Gasteiger partial charge in [-0.25, -0.2) is 0 Å². The quantitative estimate of drug-likeness (QED) is 0.589. The van der Waals surface area contributed by atoms with E-state index in [9.17, 15) is 0 Å². The highest BCUT2D eigenvalue weighted by Gasteiger charge is 2.13. The highest BCUT2D eigenvalue weighted by atomic mass is 15.1. The predicted molar refractivity (Wildman–Crippen MR) is 63.3 cm³/mol. The molecule has 0 aromatic heterocycles. The minimum atomic E-state index is 0.716. The minimum Gasteiger partial charge on any atom is -0.330 e. The molecular weight excluding hydrogens is 174 g/mol. The first kappa shape index (κ1) is 13.9. The van der Waals surface area contributed by atoms with Crippen LogP contribution in [-0.4, -0.2) is 37.1 Å². The first-order valence-electron chi connectivity index (χ1n) is 5.94. The molecule has 0 atom stereocenters. The van der Waals surface area contributed by atoms with Crippen molar-refractivity contribution in [3.05, 3.63) is 0 Å². The van der Waals surface area contributed by atoms with Gasteiger partial charge < -0.3 is 16.4 Å². The van der Waals surface area contributed by atoms with E-state index in [1.54, 1.807) is 0 Å². The number of nitrogens with two attached hydrogens (primary N) is 2. The van der Waals surface area contributed by atoms with E-state index in [4.69, 9.17) is 11.5 Å². The predicted octanol–water partition coefficient (Wildman–Crippen LogP) is 1.17. The van der Waals surface area contributed by atoms with Gasteiger partial charge in [0.25, 0.3) is 0 Å². The molecule has 0 rings (SSSR count). The Morgan fingerprint density at radius 2 is 1.36 bits per heavy atom. The van der Waals surface area contributed by atoms with Crippen molar-refractivity contribution in [3.63, 3.8) is 0 Å². The molecule has 0 saturated heterocycles. The van der Waals surface area contributed by atoms with Crippen LogP contribution in [0.5, 0.6) is 0 Å². The largest absolute Gasteiger partial charge is 0.330 e. The average Bonchev–Trinajstić information content (AvgIpc) is 2.22. The molecule has 0 saturated carbocycles. The third kappa shape index (κ3) is 5.58. The van der Waals surface area contributed by atoms with Gasteiger partial charge in [0.05, 0.1) is 0 Å². The summed E-state index contributed by atoms with van der Waals surface area (Å²) in [6.07, 6.45) is 4.65. The van der Waals surface area contributed by atoms with Crippen LogP contribution < -0.4 is 11.5 Å². The molecule has 0 aliphatic rings. The summed E-state index contributed by atoms with van der Waals surface area (Å²) in [6, 6.07) is 0.716. The molecule has 0 bridgehead atoms. The zero-order chi connectivity index (χ0) is 10.8. The smallest absolute Gasteiger partial charge is 0.00900 e. The maximum Gasteiger partial charge on any atom is 0.00900 e. The summed E-state index contributed by atoms with van der Waals surface area (Å²) in [5.74, 6) is 0. The lowest BCUT2D eigenvalue weighted by atomic mass is 10.1. The topological polar surface area (TPSA) is 55.3 Å². The van der Waals surface area contributed by atoms with Gasteiger partial charge in [0, 0.05) is 6.04 Å². The molecule has 0 heterocycles. The van der Waals surface area contributed by atoms with Crippen LogP contribution >= 0.6 is 0 Å². The zero-order valence-corrected chi connectivity index (χ0v) is 9.84. The normalized spacial score (nSPS) is 11.6. The van der Waals surface area contributed by atoms with Gasteiger partial charge in [-0.15, -0.1) is 0 Å². The van der Waals surface area contributed by atoms with Gasteiger partial charge in [-0.2, -0.15) is 0 Å². The number of rotatable bonds is 9. The lowest BCUT2D eigenvalue weighted by Gasteiger charge is -2.30. The molecule has 0 aromatic carbocycles. The SMILES string of the molecule is CCC(CC)N(CCCN)CCCN. The fourth-order valence-corrected chi connectivity index (χ4v) is 1.87. The third-order valence-electron chi connectivity index (χ3n) is 2.76. The third-order valence-corrected chi connectivity index (χ3v) is 2.76. The van der Waals surface area contributed by atoms with Crippen molar-refractivity contribution in [2.45, 2.75) is 45.6 Å². The van der Waals surface area contributed by atoms with Gasteiger partial charge in [-0.3, -0.25) is 0 Å². The maximum absolute atomic E-state index is 5.54. The fraction of sp³-hybridized carbons (Fsp3) is 1.00. The van der Waals surface area contributed by atoms with Crippen molar-refractivity contribution in [2.24, 2.45) is 11.5 Å². The molecule has 4 N–H and O–H groups in total. The molecular formula is C11H27N3. The van der Waals surface area contributed by atoms with Gasteiger partial charge in [0.1, 0.15) is 0 Å². The highest BCUT2D eigenvalue weighted by molar-refractivity contribution is 4.69. The van der Waals surface area contributed by atoms with Crippen LogP contribution in [-0.2, 0) is 0 Å². The van der Waals surface area contributed by atoms with E-state index < -0.39 is 0 Å². The summed E-state index contributed by atoms with van der Waals surface area (Å²) < 4.78 is 0. The van der Waals surface area contributed by atoms with Crippen molar-refractivity contribution < 1.29 is 0 Å². The highest BCUT2D eigenvalue weighted by Crippen LogP contribution is 2.09. The summed E-state index contributed by atoms with van der Waals surface area (Å²) in [6.45, 7) is 8.35. The Morgan fingerprint density at radius 3 is 1.64 bits per heavy atom. The number of hydrogen-bond donors (Lipinski definition) is 2. The zero-order valence-electron chi connectivity index (χ0n) is 9.84. The lowest BCUT2D eigenvalue weighted by molar-refractivity contribution is 0.183. The van der Waals surface area contributed by atoms with Crippen LogP contribution in [0, 0.1) is 0 Å². The Labute approximate surface area is 88.8 Å².